The molecule has 1 aromatic carbocycles. The van der Waals surface area contributed by atoms with E-state index in [-0.39, 0.29) is 18.4 Å². The van der Waals surface area contributed by atoms with Crippen molar-refractivity contribution in [1.82, 2.24) is 0 Å². The molecule has 1 rings (SSSR count). The van der Waals surface area contributed by atoms with E-state index in [9.17, 15) is 0 Å². The third kappa shape index (κ3) is 4.76. The largest absolute Gasteiger partial charge is 0.492 e. The first-order valence-electron chi connectivity index (χ1n) is 4.13. The molecule has 0 heterocycles. The summed E-state index contributed by atoms with van der Waals surface area (Å²) in [5.41, 5.74) is 6.78. The van der Waals surface area contributed by atoms with Crippen molar-refractivity contribution in [3.05, 3.63) is 29.8 Å². The lowest BCUT2D eigenvalue weighted by molar-refractivity contribution is 0.296. The van der Waals surface area contributed by atoms with E-state index < -0.39 is 0 Å². The Bertz CT molecular complexity index is 233. The molecule has 2 N–H and O–H groups in total. The number of halogens is 1. The van der Waals surface area contributed by atoms with Crippen molar-refractivity contribution < 1.29 is 4.74 Å². The Morgan fingerprint density at radius 3 is 2.31 bits per heavy atom. The highest BCUT2D eigenvalue weighted by Crippen LogP contribution is 2.11. The fraction of sp³-hybridized carbons (Fsp3) is 0.400. The van der Waals surface area contributed by atoms with Crippen LogP contribution in [0.3, 0.4) is 0 Å². The average Bonchev–Trinajstić information content (AvgIpc) is 2.03. The van der Waals surface area contributed by atoms with Crippen molar-refractivity contribution >= 4 is 12.4 Å². The molecule has 0 spiro atoms. The summed E-state index contributed by atoms with van der Waals surface area (Å²) in [6.45, 7) is 4.55. The van der Waals surface area contributed by atoms with Crippen LogP contribution < -0.4 is 10.5 Å². The van der Waals surface area contributed by atoms with Crippen molar-refractivity contribution in [2.24, 2.45) is 5.73 Å². The maximum Gasteiger partial charge on any atom is 0.119 e. The van der Waals surface area contributed by atoms with Crippen LogP contribution in [-0.2, 0) is 0 Å². The van der Waals surface area contributed by atoms with Crippen LogP contribution in [0.15, 0.2) is 24.3 Å². The normalized spacial score (nSPS) is 11.6. The monoisotopic (exact) mass is 201 g/mol. The SMILES string of the molecule is Cc1ccc(OCC(C)N)cc1.Cl. The quantitative estimate of drug-likeness (QED) is 0.814. The number of rotatable bonds is 3. The molecule has 0 saturated carbocycles. The smallest absolute Gasteiger partial charge is 0.119 e. The Labute approximate surface area is 85.5 Å². The fourth-order valence-corrected chi connectivity index (χ4v) is 0.862. The van der Waals surface area contributed by atoms with Crippen LogP contribution in [0.1, 0.15) is 12.5 Å². The zero-order valence-corrected chi connectivity index (χ0v) is 8.80. The van der Waals surface area contributed by atoms with Crippen molar-refractivity contribution in [1.29, 1.82) is 0 Å². The van der Waals surface area contributed by atoms with Gasteiger partial charge < -0.3 is 10.5 Å². The van der Waals surface area contributed by atoms with Crippen LogP contribution in [0.25, 0.3) is 0 Å². The van der Waals surface area contributed by atoms with Crippen LogP contribution in [0, 0.1) is 6.92 Å². The molecule has 74 valence electrons. The molecule has 0 radical (unpaired) electrons. The summed E-state index contributed by atoms with van der Waals surface area (Å²) in [5.74, 6) is 0.887. The molecular formula is C10H16ClNO. The van der Waals surface area contributed by atoms with Gasteiger partial charge in [0, 0.05) is 6.04 Å². The van der Waals surface area contributed by atoms with Gasteiger partial charge in [-0.05, 0) is 26.0 Å². The second kappa shape index (κ2) is 5.84. The minimum Gasteiger partial charge on any atom is -0.492 e. The minimum absolute atomic E-state index is 0. The molecule has 0 amide bonds. The summed E-state index contributed by atoms with van der Waals surface area (Å²) in [6.07, 6.45) is 0. The van der Waals surface area contributed by atoms with Gasteiger partial charge in [0.15, 0.2) is 0 Å². The molecule has 1 aromatic rings. The molecule has 0 aromatic heterocycles. The third-order valence-electron chi connectivity index (χ3n) is 1.53. The van der Waals surface area contributed by atoms with Crippen molar-refractivity contribution in [2.45, 2.75) is 19.9 Å². The fourth-order valence-electron chi connectivity index (χ4n) is 0.862. The summed E-state index contributed by atoms with van der Waals surface area (Å²) in [7, 11) is 0. The highest BCUT2D eigenvalue weighted by molar-refractivity contribution is 5.85. The van der Waals surface area contributed by atoms with E-state index >= 15 is 0 Å². The second-order valence-electron chi connectivity index (χ2n) is 3.10. The van der Waals surface area contributed by atoms with Gasteiger partial charge in [-0.15, -0.1) is 12.4 Å². The van der Waals surface area contributed by atoms with E-state index in [1.54, 1.807) is 0 Å². The van der Waals surface area contributed by atoms with Crippen LogP contribution in [0.2, 0.25) is 0 Å². The lowest BCUT2D eigenvalue weighted by Crippen LogP contribution is -2.23. The number of ether oxygens (including phenoxy) is 1. The first kappa shape index (κ1) is 12.3. The van der Waals surface area contributed by atoms with Gasteiger partial charge >= 0.3 is 0 Å². The molecule has 1 atom stereocenters. The third-order valence-corrected chi connectivity index (χ3v) is 1.53. The standard InChI is InChI=1S/C10H15NO.ClH/c1-8-3-5-10(6-4-8)12-7-9(2)11;/h3-6,9H,7,11H2,1-2H3;1H. The number of aryl methyl sites for hydroxylation is 1. The maximum absolute atomic E-state index is 5.55. The number of nitrogens with two attached hydrogens (primary N) is 1. The molecule has 13 heavy (non-hydrogen) atoms. The highest BCUT2D eigenvalue weighted by Gasteiger charge is 1.95. The highest BCUT2D eigenvalue weighted by atomic mass is 35.5. The molecule has 0 aliphatic carbocycles. The van der Waals surface area contributed by atoms with Gasteiger partial charge in [0.25, 0.3) is 0 Å². The lowest BCUT2D eigenvalue weighted by atomic mass is 10.2. The van der Waals surface area contributed by atoms with Gasteiger partial charge in [-0.25, -0.2) is 0 Å². The Morgan fingerprint density at radius 2 is 1.85 bits per heavy atom. The van der Waals surface area contributed by atoms with Crippen LogP contribution >= 0.6 is 12.4 Å². The van der Waals surface area contributed by atoms with Crippen molar-refractivity contribution in [2.75, 3.05) is 6.61 Å². The number of hydrogen-bond acceptors (Lipinski definition) is 2. The van der Waals surface area contributed by atoms with Gasteiger partial charge in [-0.1, -0.05) is 17.7 Å². The van der Waals surface area contributed by atoms with E-state index in [1.165, 1.54) is 5.56 Å². The van der Waals surface area contributed by atoms with Gasteiger partial charge in [0.1, 0.15) is 12.4 Å². The molecule has 0 fully saturated rings. The van der Waals surface area contributed by atoms with Gasteiger partial charge in [0.2, 0.25) is 0 Å². The van der Waals surface area contributed by atoms with Crippen LogP contribution in [-0.4, -0.2) is 12.6 Å². The second-order valence-corrected chi connectivity index (χ2v) is 3.10. The van der Waals surface area contributed by atoms with E-state index in [0.29, 0.717) is 6.61 Å². The molecule has 0 saturated heterocycles. The summed E-state index contributed by atoms with van der Waals surface area (Å²) < 4.78 is 5.40. The van der Waals surface area contributed by atoms with Gasteiger partial charge in [-0.3, -0.25) is 0 Å². The van der Waals surface area contributed by atoms with E-state index in [2.05, 4.69) is 6.92 Å². The molecule has 3 heteroatoms. The lowest BCUT2D eigenvalue weighted by Gasteiger charge is -2.08. The Balaban J connectivity index is 0.00000144. The zero-order chi connectivity index (χ0) is 8.97. The average molecular weight is 202 g/mol. The zero-order valence-electron chi connectivity index (χ0n) is 7.99. The van der Waals surface area contributed by atoms with Crippen molar-refractivity contribution in [3.63, 3.8) is 0 Å². The van der Waals surface area contributed by atoms with E-state index in [4.69, 9.17) is 10.5 Å². The minimum atomic E-state index is 0. The van der Waals surface area contributed by atoms with E-state index in [0.717, 1.165) is 5.75 Å². The maximum atomic E-state index is 5.55. The predicted molar refractivity (Wildman–Crippen MR) is 57.6 cm³/mol. The van der Waals surface area contributed by atoms with Crippen molar-refractivity contribution in [3.8, 4) is 5.75 Å². The van der Waals surface area contributed by atoms with Gasteiger partial charge in [0.05, 0.1) is 0 Å². The first-order chi connectivity index (χ1) is 5.68. The molecular weight excluding hydrogens is 186 g/mol. The Hall–Kier alpha value is -0.730. The molecule has 0 bridgehead atoms. The Morgan fingerprint density at radius 1 is 1.31 bits per heavy atom. The molecule has 2 nitrogen and oxygen atoms in total. The summed E-state index contributed by atoms with van der Waals surface area (Å²) >= 11 is 0. The Kier molecular flexibility index (Phi) is 5.51. The first-order valence-corrected chi connectivity index (χ1v) is 4.13. The van der Waals surface area contributed by atoms with Gasteiger partial charge in [-0.2, -0.15) is 0 Å². The summed E-state index contributed by atoms with van der Waals surface area (Å²) in [5, 5.41) is 0. The van der Waals surface area contributed by atoms with Crippen LogP contribution in [0.4, 0.5) is 0 Å². The predicted octanol–water partition coefficient (Wildman–Crippen LogP) is 2.14. The topological polar surface area (TPSA) is 35.2 Å². The van der Waals surface area contributed by atoms with Crippen LogP contribution in [0.5, 0.6) is 5.75 Å². The van der Waals surface area contributed by atoms with E-state index in [1.807, 2.05) is 31.2 Å². The summed E-state index contributed by atoms with van der Waals surface area (Å²) in [4.78, 5) is 0. The molecule has 1 unspecified atom stereocenters. The number of hydrogen-bond donors (Lipinski definition) is 1. The number of benzene rings is 1. The molecule has 0 aliphatic rings. The summed E-state index contributed by atoms with van der Waals surface area (Å²) in [6, 6.07) is 8.05. The molecule has 0 aliphatic heterocycles.